The number of imide groups is 1. The van der Waals surface area contributed by atoms with E-state index in [1.807, 2.05) is 41.3 Å². The number of piperidine rings is 2. The lowest BCUT2D eigenvalue weighted by atomic mass is 9.97. The summed E-state index contributed by atoms with van der Waals surface area (Å²) in [6.45, 7) is 5.49. The summed E-state index contributed by atoms with van der Waals surface area (Å²) in [5.74, 6) is 0.551. The number of nitriles is 1. The van der Waals surface area contributed by atoms with Crippen molar-refractivity contribution < 1.29 is 38.1 Å². The summed E-state index contributed by atoms with van der Waals surface area (Å²) < 4.78 is 31.1. The van der Waals surface area contributed by atoms with Gasteiger partial charge in [-0.3, -0.25) is 29.3 Å². The molecular formula is C52H56N10O10. The minimum absolute atomic E-state index is 0.0660. The van der Waals surface area contributed by atoms with Gasteiger partial charge in [0, 0.05) is 54.3 Å². The average molecular weight is 981 g/mol. The van der Waals surface area contributed by atoms with Gasteiger partial charge in [-0.1, -0.05) is 42.5 Å². The van der Waals surface area contributed by atoms with E-state index >= 15 is 0 Å². The van der Waals surface area contributed by atoms with Gasteiger partial charge in [-0.2, -0.15) is 15.5 Å². The summed E-state index contributed by atoms with van der Waals surface area (Å²) in [7, 11) is 0. The van der Waals surface area contributed by atoms with E-state index in [-0.39, 0.29) is 36.8 Å². The van der Waals surface area contributed by atoms with Gasteiger partial charge in [0.25, 0.3) is 17.0 Å². The Morgan fingerprint density at radius 2 is 1.49 bits per heavy atom. The number of fused-ring (bicyclic) bond motifs is 1. The predicted octanol–water partition coefficient (Wildman–Crippen LogP) is 4.16. The molecule has 2 saturated heterocycles. The topological polar surface area (TPSA) is 244 Å². The van der Waals surface area contributed by atoms with E-state index in [1.165, 1.54) is 10.7 Å². The third-order valence-corrected chi connectivity index (χ3v) is 12.2. The highest BCUT2D eigenvalue weighted by Gasteiger charge is 2.30. The number of nitrogens with one attached hydrogen (secondary N) is 2. The van der Waals surface area contributed by atoms with Gasteiger partial charge in [0.1, 0.15) is 6.04 Å². The number of benzene rings is 3. The number of ether oxygens (including phenoxy) is 5. The highest BCUT2D eigenvalue weighted by Crippen LogP contribution is 2.24. The molecule has 20 heteroatoms. The van der Waals surface area contributed by atoms with Crippen molar-refractivity contribution in [3.8, 4) is 34.5 Å². The smallest absolute Gasteiger partial charge is 0.277 e. The molecule has 0 spiro atoms. The molecule has 1 atom stereocenters. The normalized spacial score (nSPS) is 15.0. The molecule has 20 nitrogen and oxygen atoms in total. The molecule has 72 heavy (non-hydrogen) atoms. The lowest BCUT2D eigenvalue weighted by molar-refractivity contribution is -0.136. The predicted molar refractivity (Wildman–Crippen MR) is 264 cm³/mol. The summed E-state index contributed by atoms with van der Waals surface area (Å²) in [6.07, 6.45) is 7.17. The number of nitrogens with zero attached hydrogens (tertiary/aromatic N) is 8. The van der Waals surface area contributed by atoms with Gasteiger partial charge in [0.05, 0.1) is 114 Å². The second kappa shape index (κ2) is 25.4. The molecule has 0 aliphatic carbocycles. The van der Waals surface area contributed by atoms with E-state index in [1.54, 1.807) is 55.0 Å². The largest absolute Gasteiger partial charge is 0.490 e. The number of hydrogen-bond donors (Lipinski definition) is 2. The Balaban J connectivity index is 0.638. The molecule has 0 bridgehead atoms. The summed E-state index contributed by atoms with van der Waals surface area (Å²) in [5, 5.41) is 24.6. The van der Waals surface area contributed by atoms with Gasteiger partial charge in [-0.05, 0) is 61.1 Å². The molecule has 0 saturated carbocycles. The van der Waals surface area contributed by atoms with Crippen LogP contribution in [0.3, 0.4) is 0 Å². The second-order valence-corrected chi connectivity index (χ2v) is 17.2. The molecule has 6 aromatic rings. The van der Waals surface area contributed by atoms with Gasteiger partial charge in [0.15, 0.2) is 11.6 Å². The maximum atomic E-state index is 13.3. The van der Waals surface area contributed by atoms with E-state index in [2.05, 4.69) is 36.9 Å². The zero-order chi connectivity index (χ0) is 50.1. The van der Waals surface area contributed by atoms with Crippen LogP contribution in [0.25, 0.3) is 33.4 Å². The zero-order valence-corrected chi connectivity index (χ0v) is 39.8. The minimum atomic E-state index is -0.843. The summed E-state index contributed by atoms with van der Waals surface area (Å²) in [6, 6.07) is 24.5. The average Bonchev–Trinajstić information content (AvgIpc) is 3.40. The maximum absolute atomic E-state index is 13.3. The number of likely N-dealkylation sites (tertiary alicyclic amines) is 1. The van der Waals surface area contributed by atoms with Gasteiger partial charge in [-0.15, -0.1) is 0 Å². The van der Waals surface area contributed by atoms with E-state index < -0.39 is 17.5 Å². The maximum Gasteiger partial charge on any atom is 0.277 e. The number of amides is 3. The number of carbonyl (C=O) groups is 3. The Hall–Kier alpha value is -7.70. The number of carbonyl (C=O) groups excluding carboxylic acids is 3. The fraction of sp³-hybridized carbons (Fsp3) is 0.385. The Morgan fingerprint density at radius 1 is 0.778 bits per heavy atom. The van der Waals surface area contributed by atoms with Crippen molar-refractivity contribution in [2.75, 3.05) is 84.4 Å². The van der Waals surface area contributed by atoms with Crippen LogP contribution in [0.15, 0.2) is 107 Å². The molecule has 3 aromatic carbocycles. The quantitative estimate of drug-likeness (QED) is 0.0639. The third-order valence-electron chi connectivity index (χ3n) is 12.2. The molecule has 8 rings (SSSR count). The molecule has 2 fully saturated rings. The van der Waals surface area contributed by atoms with Gasteiger partial charge < -0.3 is 33.9 Å². The van der Waals surface area contributed by atoms with E-state index in [9.17, 15) is 29.2 Å². The van der Waals surface area contributed by atoms with Gasteiger partial charge in [-0.25, -0.2) is 19.3 Å². The molecule has 2 aliphatic heterocycles. The van der Waals surface area contributed by atoms with Crippen molar-refractivity contribution in [1.29, 1.82) is 5.26 Å². The molecule has 0 radical (unpaired) electrons. The van der Waals surface area contributed by atoms with Crippen molar-refractivity contribution in [1.82, 2.24) is 39.7 Å². The molecule has 5 heterocycles. The monoisotopic (exact) mass is 980 g/mol. The Labute approximate surface area is 414 Å². The van der Waals surface area contributed by atoms with Crippen LogP contribution in [0.5, 0.6) is 5.75 Å². The van der Waals surface area contributed by atoms with Crippen LogP contribution in [-0.2, 0) is 39.9 Å². The van der Waals surface area contributed by atoms with Crippen LogP contribution in [0, 0.1) is 17.2 Å². The standard InChI is InChI=1S/C52H56N10O10/c53-30-37-4-1-6-39(28-37)43-10-13-48(65)61(59-43)34-38-5-2-7-40(29-38)50-55-32-42(33-56-50)72-35-36-14-18-60(19-15-36)47(64)16-20-68-22-24-70-26-27-71-25-23-69-21-17-54-44-9-3-8-41-31-57-62(52(67)49(41)44)45-11-12-46(63)58-51(45)66/h1-10,13,28-29,31-33,36,45,54H,11-12,14-27,34-35H2,(H,58,63,66). The van der Waals surface area contributed by atoms with Crippen molar-refractivity contribution >= 4 is 34.2 Å². The van der Waals surface area contributed by atoms with E-state index in [0.29, 0.717) is 131 Å². The molecular weight excluding hydrogens is 925 g/mol. The van der Waals surface area contributed by atoms with Crippen LogP contribution < -0.4 is 26.5 Å². The first kappa shape index (κ1) is 50.7. The zero-order valence-electron chi connectivity index (χ0n) is 39.8. The lowest BCUT2D eigenvalue weighted by Crippen LogP contribution is -2.45. The summed E-state index contributed by atoms with van der Waals surface area (Å²) in [5.41, 5.74) is 3.45. The molecule has 3 aromatic heterocycles. The van der Waals surface area contributed by atoms with E-state index in [0.717, 1.165) is 34.2 Å². The molecule has 3 amide bonds. The van der Waals surface area contributed by atoms with Crippen molar-refractivity contribution in [2.45, 2.75) is 44.7 Å². The summed E-state index contributed by atoms with van der Waals surface area (Å²) >= 11 is 0. The Morgan fingerprint density at radius 3 is 2.24 bits per heavy atom. The number of rotatable bonds is 24. The summed E-state index contributed by atoms with van der Waals surface area (Å²) in [4.78, 5) is 73.8. The van der Waals surface area contributed by atoms with Crippen LogP contribution in [0.4, 0.5) is 5.69 Å². The van der Waals surface area contributed by atoms with Crippen LogP contribution in [-0.4, -0.2) is 131 Å². The Kier molecular flexibility index (Phi) is 17.9. The number of hydrogen-bond acceptors (Lipinski definition) is 16. The highest BCUT2D eigenvalue weighted by molar-refractivity contribution is 5.99. The number of aromatic nitrogens is 6. The van der Waals surface area contributed by atoms with Gasteiger partial charge >= 0.3 is 0 Å². The van der Waals surface area contributed by atoms with Gasteiger partial charge in [0.2, 0.25) is 11.8 Å². The first-order chi connectivity index (χ1) is 35.2. The minimum Gasteiger partial charge on any atom is -0.490 e. The number of anilines is 1. The fourth-order valence-corrected chi connectivity index (χ4v) is 8.38. The highest BCUT2D eigenvalue weighted by atomic mass is 16.6. The van der Waals surface area contributed by atoms with Crippen LogP contribution in [0.1, 0.15) is 49.3 Å². The Bertz CT molecular complexity index is 2990. The molecule has 2 N–H and O–H groups in total. The second-order valence-electron chi connectivity index (χ2n) is 17.2. The van der Waals surface area contributed by atoms with Crippen molar-refractivity contribution in [3.63, 3.8) is 0 Å². The molecule has 1 unspecified atom stereocenters. The molecule has 374 valence electrons. The van der Waals surface area contributed by atoms with Crippen molar-refractivity contribution in [3.05, 3.63) is 129 Å². The van der Waals surface area contributed by atoms with E-state index in [4.69, 9.17) is 23.7 Å². The van der Waals surface area contributed by atoms with Crippen molar-refractivity contribution in [2.24, 2.45) is 5.92 Å². The third kappa shape index (κ3) is 13.8. The SMILES string of the molecule is N#Cc1cccc(-c2ccc(=O)n(Cc3cccc(-c4ncc(OCC5CCN(C(=O)CCOCCOCCOCCOCCNc6cccc7cnn(C8CCC(=O)NC8=O)c(=O)c67)CC5)cn4)c3)n2)c1. The van der Waals surface area contributed by atoms with Crippen LogP contribution in [0.2, 0.25) is 0 Å². The first-order valence-electron chi connectivity index (χ1n) is 24.0. The molecule has 2 aliphatic rings. The first-order valence-corrected chi connectivity index (χ1v) is 24.0. The fourth-order valence-electron chi connectivity index (χ4n) is 8.38. The van der Waals surface area contributed by atoms with Crippen LogP contribution >= 0.6 is 0 Å². The lowest BCUT2D eigenvalue weighted by Gasteiger charge is -2.32.